The van der Waals surface area contributed by atoms with Crippen molar-refractivity contribution in [3.05, 3.63) is 29.3 Å². The number of likely N-dealkylation sites (N-methyl/N-ethyl adjacent to an activating group) is 1. The summed E-state index contributed by atoms with van der Waals surface area (Å²) in [5, 5.41) is 8.85. The van der Waals surface area contributed by atoms with E-state index in [4.69, 9.17) is 5.11 Å². The van der Waals surface area contributed by atoms with Crippen LogP contribution in [0.4, 0.5) is 13.2 Å². The smallest absolute Gasteiger partial charge is 0.395 e. The lowest BCUT2D eigenvalue weighted by Gasteiger charge is -2.22. The third kappa shape index (κ3) is 3.31. The van der Waals surface area contributed by atoms with E-state index in [1.807, 2.05) is 0 Å². The number of sulfonamides is 1. The van der Waals surface area contributed by atoms with Crippen molar-refractivity contribution in [2.24, 2.45) is 0 Å². The molecule has 0 heterocycles. The number of aliphatic hydroxyl groups is 1. The number of nitrogens with zero attached hydrogens (tertiary/aromatic N) is 1. The summed E-state index contributed by atoms with van der Waals surface area (Å²) in [7, 11) is -4.05. The Morgan fingerprint density at radius 1 is 1.30 bits per heavy atom. The molecule has 0 aliphatic rings. The summed E-state index contributed by atoms with van der Waals surface area (Å²) in [4.78, 5) is -0.386. The molecule has 1 aromatic rings. The number of benzene rings is 1. The first-order valence-corrected chi connectivity index (χ1v) is 7.38. The first-order valence-electron chi connectivity index (χ1n) is 5.94. The highest BCUT2D eigenvalue weighted by Crippen LogP contribution is 2.34. The Morgan fingerprint density at radius 2 is 1.90 bits per heavy atom. The molecule has 0 unspecified atom stereocenters. The lowest BCUT2D eigenvalue weighted by atomic mass is 10.1. The summed E-state index contributed by atoms with van der Waals surface area (Å²) < 4.78 is 63.9. The van der Waals surface area contributed by atoms with Crippen LogP contribution in [0.1, 0.15) is 18.1 Å². The molecule has 0 saturated carbocycles. The van der Waals surface area contributed by atoms with Gasteiger partial charge in [-0.25, -0.2) is 8.42 Å². The molecule has 0 radical (unpaired) electrons. The molecule has 0 atom stereocenters. The second-order valence-electron chi connectivity index (χ2n) is 4.15. The fraction of sp³-hybridized carbons (Fsp3) is 0.500. The van der Waals surface area contributed by atoms with E-state index in [1.54, 1.807) is 6.92 Å². The summed E-state index contributed by atoms with van der Waals surface area (Å²) in [6, 6.07) is 3.05. The van der Waals surface area contributed by atoms with E-state index in [0.29, 0.717) is 0 Å². The van der Waals surface area contributed by atoms with Crippen molar-refractivity contribution in [1.82, 2.24) is 4.31 Å². The van der Waals surface area contributed by atoms with Gasteiger partial charge in [0.2, 0.25) is 10.0 Å². The molecule has 1 rings (SSSR count). The quantitative estimate of drug-likeness (QED) is 0.905. The average molecular weight is 311 g/mol. The largest absolute Gasteiger partial charge is 0.416 e. The minimum atomic E-state index is -4.61. The zero-order valence-corrected chi connectivity index (χ0v) is 11.9. The highest BCUT2D eigenvalue weighted by molar-refractivity contribution is 7.89. The Balaban J connectivity index is 3.40. The Labute approximate surface area is 115 Å². The van der Waals surface area contributed by atoms with Crippen LogP contribution in [-0.4, -0.2) is 37.5 Å². The normalized spacial score (nSPS) is 12.9. The molecule has 1 aromatic carbocycles. The van der Waals surface area contributed by atoms with Crippen LogP contribution in [0.25, 0.3) is 0 Å². The Kier molecular flexibility index (Phi) is 5.17. The summed E-state index contributed by atoms with van der Waals surface area (Å²) in [6.07, 6.45) is -4.61. The summed E-state index contributed by atoms with van der Waals surface area (Å²) in [5.74, 6) is 0. The second kappa shape index (κ2) is 6.11. The summed E-state index contributed by atoms with van der Waals surface area (Å²) in [5.41, 5.74) is -1.31. The van der Waals surface area contributed by atoms with Crippen molar-refractivity contribution >= 4 is 10.0 Å². The van der Waals surface area contributed by atoms with Gasteiger partial charge in [0.1, 0.15) is 0 Å². The fourth-order valence-corrected chi connectivity index (χ4v) is 3.59. The number of hydrogen-bond donors (Lipinski definition) is 1. The molecular weight excluding hydrogens is 295 g/mol. The van der Waals surface area contributed by atoms with Crippen LogP contribution < -0.4 is 0 Å². The van der Waals surface area contributed by atoms with E-state index >= 15 is 0 Å². The molecule has 0 aliphatic heterocycles. The Hall–Kier alpha value is -1.12. The topological polar surface area (TPSA) is 57.6 Å². The predicted molar refractivity (Wildman–Crippen MR) is 67.7 cm³/mol. The molecule has 114 valence electrons. The minimum absolute atomic E-state index is 0.0680. The van der Waals surface area contributed by atoms with Crippen molar-refractivity contribution in [2.45, 2.75) is 24.9 Å². The molecular formula is C12H16F3NO3S. The van der Waals surface area contributed by atoms with Crippen LogP contribution in [0.15, 0.2) is 23.1 Å². The first-order chi connectivity index (χ1) is 9.16. The van der Waals surface area contributed by atoms with E-state index in [9.17, 15) is 21.6 Å². The van der Waals surface area contributed by atoms with Gasteiger partial charge in [-0.1, -0.05) is 13.0 Å². The highest BCUT2D eigenvalue weighted by Gasteiger charge is 2.35. The number of aliphatic hydroxyl groups excluding tert-OH is 1. The molecule has 0 bridgehead atoms. The van der Waals surface area contributed by atoms with Crippen LogP contribution in [0.3, 0.4) is 0 Å². The summed E-state index contributed by atoms with van der Waals surface area (Å²) >= 11 is 0. The minimum Gasteiger partial charge on any atom is -0.395 e. The van der Waals surface area contributed by atoms with Crippen molar-refractivity contribution in [3.8, 4) is 0 Å². The number of halogens is 3. The molecule has 8 heteroatoms. The van der Waals surface area contributed by atoms with Crippen LogP contribution >= 0.6 is 0 Å². The summed E-state index contributed by atoms with van der Waals surface area (Å²) in [6.45, 7) is 2.19. The van der Waals surface area contributed by atoms with Gasteiger partial charge in [-0.05, 0) is 24.6 Å². The van der Waals surface area contributed by atoms with Crippen LogP contribution in [0, 0.1) is 6.92 Å². The molecule has 0 saturated heterocycles. The predicted octanol–water partition coefficient (Wildman–Crippen LogP) is 2.02. The second-order valence-corrected chi connectivity index (χ2v) is 6.05. The van der Waals surface area contributed by atoms with E-state index in [-0.39, 0.29) is 23.5 Å². The molecule has 0 aliphatic carbocycles. The highest BCUT2D eigenvalue weighted by atomic mass is 32.2. The monoisotopic (exact) mass is 311 g/mol. The molecule has 0 spiro atoms. The van der Waals surface area contributed by atoms with Crippen molar-refractivity contribution in [2.75, 3.05) is 19.7 Å². The number of rotatable bonds is 5. The lowest BCUT2D eigenvalue weighted by Crippen LogP contribution is -2.34. The van der Waals surface area contributed by atoms with Crippen molar-refractivity contribution in [1.29, 1.82) is 0 Å². The molecule has 4 nitrogen and oxygen atoms in total. The van der Waals surface area contributed by atoms with Gasteiger partial charge in [-0.15, -0.1) is 0 Å². The standard InChI is InChI=1S/C12H16F3NO3S/c1-3-16(7-8-17)20(18,19)11-6-4-5-10(9(11)2)12(13,14)15/h4-6,17H,3,7-8H2,1-2H3. The van der Waals surface area contributed by atoms with E-state index in [2.05, 4.69) is 0 Å². The molecule has 1 N–H and O–H groups in total. The maximum absolute atomic E-state index is 12.8. The number of alkyl halides is 3. The first kappa shape index (κ1) is 16.9. The SMILES string of the molecule is CCN(CCO)S(=O)(=O)c1cccc(C(F)(F)F)c1C. The average Bonchev–Trinajstić information content (AvgIpc) is 2.34. The van der Waals surface area contributed by atoms with Gasteiger partial charge in [0.05, 0.1) is 17.1 Å². The van der Waals surface area contributed by atoms with E-state index < -0.39 is 28.4 Å². The van der Waals surface area contributed by atoms with Gasteiger partial charge in [-0.3, -0.25) is 0 Å². The van der Waals surface area contributed by atoms with E-state index in [0.717, 1.165) is 29.4 Å². The van der Waals surface area contributed by atoms with Gasteiger partial charge in [0.15, 0.2) is 0 Å². The van der Waals surface area contributed by atoms with Crippen molar-refractivity contribution < 1.29 is 26.7 Å². The van der Waals surface area contributed by atoms with Crippen LogP contribution in [0.5, 0.6) is 0 Å². The Morgan fingerprint density at radius 3 is 2.35 bits per heavy atom. The third-order valence-corrected chi connectivity index (χ3v) is 5.03. The molecule has 0 aromatic heterocycles. The molecule has 0 amide bonds. The Bertz CT molecular complexity index is 570. The van der Waals surface area contributed by atoms with Crippen LogP contribution in [0.2, 0.25) is 0 Å². The van der Waals surface area contributed by atoms with Gasteiger partial charge in [-0.2, -0.15) is 17.5 Å². The van der Waals surface area contributed by atoms with Gasteiger partial charge in [0.25, 0.3) is 0 Å². The lowest BCUT2D eigenvalue weighted by molar-refractivity contribution is -0.138. The number of hydrogen-bond acceptors (Lipinski definition) is 3. The third-order valence-electron chi connectivity index (χ3n) is 2.91. The maximum Gasteiger partial charge on any atom is 0.416 e. The van der Waals surface area contributed by atoms with Gasteiger partial charge >= 0.3 is 6.18 Å². The van der Waals surface area contributed by atoms with Crippen LogP contribution in [-0.2, 0) is 16.2 Å². The van der Waals surface area contributed by atoms with Crippen molar-refractivity contribution in [3.63, 3.8) is 0 Å². The fourth-order valence-electron chi connectivity index (χ4n) is 1.90. The zero-order valence-electron chi connectivity index (χ0n) is 11.1. The van der Waals surface area contributed by atoms with Gasteiger partial charge < -0.3 is 5.11 Å². The molecule has 0 fully saturated rings. The zero-order chi connectivity index (χ0) is 15.6. The van der Waals surface area contributed by atoms with Gasteiger partial charge in [0, 0.05) is 13.1 Å². The molecule has 20 heavy (non-hydrogen) atoms. The van der Waals surface area contributed by atoms with E-state index in [1.165, 1.54) is 0 Å². The maximum atomic E-state index is 12.8.